The van der Waals surface area contributed by atoms with Gasteiger partial charge in [-0.25, -0.2) is 4.99 Å². The van der Waals surface area contributed by atoms with E-state index >= 15 is 0 Å². The molecule has 0 aliphatic carbocycles. The number of aliphatic imine (C=N–C) groups is 1. The molecule has 2 N–H and O–H groups in total. The van der Waals surface area contributed by atoms with Crippen LogP contribution in [0.3, 0.4) is 0 Å². The van der Waals surface area contributed by atoms with Gasteiger partial charge in [-0.2, -0.15) is 0 Å². The van der Waals surface area contributed by atoms with E-state index in [0.717, 1.165) is 38.0 Å². The van der Waals surface area contributed by atoms with Crippen LogP contribution in [0, 0.1) is 0 Å². The molecule has 0 amide bonds. The Hall–Kier alpha value is -0.900. The van der Waals surface area contributed by atoms with Crippen LogP contribution in [0.4, 0.5) is 0 Å². The number of likely N-dealkylation sites (N-methyl/N-ethyl adjacent to an activating group) is 1. The van der Waals surface area contributed by atoms with Gasteiger partial charge in [-0.15, -0.1) is 34.2 Å². The number of hydrogen-bond acceptors (Lipinski definition) is 4. The Kier molecular flexibility index (Phi) is 9.46. The van der Waals surface area contributed by atoms with Crippen LogP contribution in [0.15, 0.2) is 11.3 Å². The maximum Gasteiger partial charge on any atom is 0.191 e. The largest absolute Gasteiger partial charge is 0.357 e. The number of aromatic nitrogens is 3. The predicted molar refractivity (Wildman–Crippen MR) is 104 cm³/mol. The van der Waals surface area contributed by atoms with Crippen molar-refractivity contribution in [3.05, 3.63) is 12.2 Å². The molecule has 132 valence electrons. The minimum absolute atomic E-state index is 0. The van der Waals surface area contributed by atoms with Crippen molar-refractivity contribution in [1.82, 2.24) is 30.3 Å². The molecule has 1 aromatic heterocycles. The standard InChI is InChI=1S/C15H29N7.HI/c1-4-16-15(17-10-13-8-7-9-21(13)5-2)18-11-14-20-19-12-22(14)6-3;/h12-13H,4-11H2,1-3H3,(H2,16,17,18);1H. The molecule has 0 saturated carbocycles. The zero-order valence-electron chi connectivity index (χ0n) is 14.5. The summed E-state index contributed by atoms with van der Waals surface area (Å²) in [6.07, 6.45) is 4.32. The SMILES string of the molecule is CCNC(=NCc1nncn1CC)NCC1CCCN1CC.I. The summed E-state index contributed by atoms with van der Waals surface area (Å²) < 4.78 is 2.02. The summed E-state index contributed by atoms with van der Waals surface area (Å²) >= 11 is 0. The monoisotopic (exact) mass is 435 g/mol. The Morgan fingerprint density at radius 1 is 1.30 bits per heavy atom. The van der Waals surface area contributed by atoms with Crippen molar-refractivity contribution in [3.63, 3.8) is 0 Å². The third kappa shape index (κ3) is 5.91. The summed E-state index contributed by atoms with van der Waals surface area (Å²) in [7, 11) is 0. The van der Waals surface area contributed by atoms with Gasteiger partial charge in [-0.3, -0.25) is 4.90 Å². The fourth-order valence-corrected chi connectivity index (χ4v) is 2.91. The minimum Gasteiger partial charge on any atom is -0.357 e. The number of halogens is 1. The molecule has 2 heterocycles. The first-order valence-corrected chi connectivity index (χ1v) is 8.41. The van der Waals surface area contributed by atoms with Crippen LogP contribution in [0.1, 0.15) is 39.4 Å². The van der Waals surface area contributed by atoms with Crippen molar-refractivity contribution >= 4 is 29.9 Å². The molecule has 1 unspecified atom stereocenters. The van der Waals surface area contributed by atoms with E-state index in [9.17, 15) is 0 Å². The van der Waals surface area contributed by atoms with E-state index in [1.807, 2.05) is 4.57 Å². The van der Waals surface area contributed by atoms with Crippen molar-refractivity contribution in [2.75, 3.05) is 26.2 Å². The van der Waals surface area contributed by atoms with Crippen LogP contribution < -0.4 is 10.6 Å². The predicted octanol–water partition coefficient (Wildman–Crippen LogP) is 1.46. The summed E-state index contributed by atoms with van der Waals surface area (Å²) in [5.41, 5.74) is 0. The molecule has 0 spiro atoms. The zero-order valence-corrected chi connectivity index (χ0v) is 16.8. The van der Waals surface area contributed by atoms with Crippen molar-refractivity contribution in [2.45, 2.75) is 52.7 Å². The second-order valence-electron chi connectivity index (χ2n) is 5.53. The molecule has 8 heteroatoms. The van der Waals surface area contributed by atoms with Crippen LogP contribution in [0.25, 0.3) is 0 Å². The maximum absolute atomic E-state index is 4.63. The van der Waals surface area contributed by atoms with Crippen molar-refractivity contribution in [2.24, 2.45) is 4.99 Å². The molecule has 1 saturated heterocycles. The van der Waals surface area contributed by atoms with E-state index in [4.69, 9.17) is 0 Å². The molecule has 2 rings (SSSR count). The Bertz CT molecular complexity index is 474. The molecule has 23 heavy (non-hydrogen) atoms. The molecule has 1 aliphatic rings. The lowest BCUT2D eigenvalue weighted by molar-refractivity contribution is 0.267. The number of likely N-dealkylation sites (tertiary alicyclic amines) is 1. The van der Waals surface area contributed by atoms with Crippen LogP contribution in [-0.4, -0.2) is 57.8 Å². The van der Waals surface area contributed by atoms with Gasteiger partial charge in [0.15, 0.2) is 11.8 Å². The van der Waals surface area contributed by atoms with E-state index in [1.165, 1.54) is 19.4 Å². The Morgan fingerprint density at radius 3 is 2.83 bits per heavy atom. The van der Waals surface area contributed by atoms with Gasteiger partial charge in [-0.05, 0) is 39.8 Å². The normalized spacial score (nSPS) is 18.7. The van der Waals surface area contributed by atoms with Gasteiger partial charge < -0.3 is 15.2 Å². The number of nitrogens with zero attached hydrogens (tertiary/aromatic N) is 5. The van der Waals surface area contributed by atoms with Gasteiger partial charge in [-0.1, -0.05) is 6.92 Å². The van der Waals surface area contributed by atoms with E-state index in [2.05, 4.69) is 51.5 Å². The Labute approximate surface area is 156 Å². The fraction of sp³-hybridized carbons (Fsp3) is 0.800. The number of hydrogen-bond donors (Lipinski definition) is 2. The average molecular weight is 435 g/mol. The number of aryl methyl sites for hydroxylation is 1. The quantitative estimate of drug-likeness (QED) is 0.386. The third-order valence-corrected chi connectivity index (χ3v) is 4.17. The first-order valence-electron chi connectivity index (χ1n) is 8.41. The smallest absolute Gasteiger partial charge is 0.191 e. The van der Waals surface area contributed by atoms with Crippen LogP contribution >= 0.6 is 24.0 Å². The lowest BCUT2D eigenvalue weighted by atomic mass is 10.2. The molecular formula is C15H30IN7. The maximum atomic E-state index is 4.63. The Morgan fingerprint density at radius 2 is 2.13 bits per heavy atom. The second-order valence-corrected chi connectivity index (χ2v) is 5.53. The van der Waals surface area contributed by atoms with Crippen LogP contribution in [0.5, 0.6) is 0 Å². The molecular weight excluding hydrogens is 405 g/mol. The number of nitrogens with one attached hydrogen (secondary N) is 2. The minimum atomic E-state index is 0. The van der Waals surface area contributed by atoms with E-state index < -0.39 is 0 Å². The van der Waals surface area contributed by atoms with Crippen LogP contribution in [-0.2, 0) is 13.1 Å². The number of rotatable bonds is 7. The van der Waals surface area contributed by atoms with E-state index in [0.29, 0.717) is 12.6 Å². The summed E-state index contributed by atoms with van der Waals surface area (Å²) in [5.74, 6) is 1.76. The van der Waals surface area contributed by atoms with Gasteiger partial charge >= 0.3 is 0 Å². The molecule has 0 bridgehead atoms. The van der Waals surface area contributed by atoms with Crippen molar-refractivity contribution in [3.8, 4) is 0 Å². The highest BCUT2D eigenvalue weighted by Crippen LogP contribution is 2.15. The highest BCUT2D eigenvalue weighted by Gasteiger charge is 2.22. The zero-order chi connectivity index (χ0) is 15.8. The fourth-order valence-electron chi connectivity index (χ4n) is 2.91. The molecule has 1 fully saturated rings. The van der Waals surface area contributed by atoms with Gasteiger partial charge in [0.1, 0.15) is 12.9 Å². The summed E-state index contributed by atoms with van der Waals surface area (Å²) in [6, 6.07) is 0.619. The van der Waals surface area contributed by atoms with Gasteiger partial charge in [0.2, 0.25) is 0 Å². The summed E-state index contributed by atoms with van der Waals surface area (Å²) in [6.45, 7) is 12.0. The Balaban J connectivity index is 0.00000264. The van der Waals surface area contributed by atoms with Gasteiger partial charge in [0, 0.05) is 25.7 Å². The highest BCUT2D eigenvalue weighted by molar-refractivity contribution is 14.0. The lowest BCUT2D eigenvalue weighted by Crippen LogP contribution is -2.44. The highest BCUT2D eigenvalue weighted by atomic mass is 127. The van der Waals surface area contributed by atoms with E-state index in [1.54, 1.807) is 6.33 Å². The summed E-state index contributed by atoms with van der Waals surface area (Å²) in [4.78, 5) is 7.16. The van der Waals surface area contributed by atoms with Gasteiger partial charge in [0.05, 0.1) is 0 Å². The van der Waals surface area contributed by atoms with E-state index in [-0.39, 0.29) is 24.0 Å². The number of guanidine groups is 1. The van der Waals surface area contributed by atoms with Gasteiger partial charge in [0.25, 0.3) is 0 Å². The molecule has 1 aliphatic heterocycles. The summed E-state index contributed by atoms with van der Waals surface area (Å²) in [5, 5.41) is 14.8. The molecule has 0 radical (unpaired) electrons. The van der Waals surface area contributed by atoms with Crippen LogP contribution in [0.2, 0.25) is 0 Å². The topological polar surface area (TPSA) is 70.4 Å². The van der Waals surface area contributed by atoms with Crippen molar-refractivity contribution < 1.29 is 0 Å². The first kappa shape index (κ1) is 20.1. The first-order chi connectivity index (χ1) is 10.8. The third-order valence-electron chi connectivity index (χ3n) is 4.17. The lowest BCUT2D eigenvalue weighted by Gasteiger charge is -2.23. The van der Waals surface area contributed by atoms with Crippen molar-refractivity contribution in [1.29, 1.82) is 0 Å². The second kappa shape index (κ2) is 10.8. The molecule has 1 atom stereocenters. The average Bonchev–Trinajstić information content (AvgIpc) is 3.18. The molecule has 1 aromatic rings. The molecule has 0 aromatic carbocycles. The molecule has 7 nitrogen and oxygen atoms in total.